The molecule has 4 aromatic rings. The maximum absolute atomic E-state index is 14.9. The molecule has 1 aliphatic heterocycles. The van der Waals surface area contributed by atoms with Gasteiger partial charge in [-0.1, -0.05) is 12.1 Å². The molecule has 1 aromatic carbocycles. The highest BCUT2D eigenvalue weighted by atomic mass is 19.1. The fourth-order valence-corrected chi connectivity index (χ4v) is 4.50. The number of halogens is 1. The Kier molecular flexibility index (Phi) is 4.85. The van der Waals surface area contributed by atoms with Gasteiger partial charge in [-0.15, -0.1) is 0 Å². The van der Waals surface area contributed by atoms with Gasteiger partial charge in [0.05, 0.1) is 29.8 Å². The first-order valence-electron chi connectivity index (χ1n) is 10.3. The van der Waals surface area contributed by atoms with Crippen LogP contribution in [-0.4, -0.2) is 32.9 Å². The molecule has 0 spiro atoms. The zero-order valence-corrected chi connectivity index (χ0v) is 18.4. The van der Waals surface area contributed by atoms with Gasteiger partial charge in [0, 0.05) is 29.7 Å². The van der Waals surface area contributed by atoms with E-state index in [1.54, 1.807) is 31.8 Å². The number of ether oxygens (including phenoxy) is 1. The van der Waals surface area contributed by atoms with E-state index >= 15 is 0 Å². The lowest BCUT2D eigenvalue weighted by atomic mass is 9.79. The third-order valence-corrected chi connectivity index (χ3v) is 5.88. The summed E-state index contributed by atoms with van der Waals surface area (Å²) in [5.74, 6) is 0.390. The molecule has 0 saturated carbocycles. The second-order valence-electron chi connectivity index (χ2n) is 7.87. The van der Waals surface area contributed by atoms with Crippen LogP contribution in [0.4, 0.5) is 4.39 Å². The summed E-state index contributed by atoms with van der Waals surface area (Å²) in [7, 11) is 1.61. The van der Waals surface area contributed by atoms with Gasteiger partial charge in [-0.3, -0.25) is 9.97 Å². The van der Waals surface area contributed by atoms with Gasteiger partial charge in [0.25, 0.3) is 0 Å². The lowest BCUT2D eigenvalue weighted by molar-refractivity contribution is 0.404. The molecule has 5 rings (SSSR count). The average Bonchev–Trinajstić information content (AvgIpc) is 3.14. The number of aryl methyl sites for hydroxylation is 2. The number of nitrogens with zero attached hydrogens (tertiary/aromatic N) is 5. The molecule has 0 fully saturated rings. The summed E-state index contributed by atoms with van der Waals surface area (Å²) in [4.78, 5) is 22.4. The number of methoxy groups -OCH3 is 1. The molecule has 8 heteroatoms. The number of rotatable bonds is 4. The summed E-state index contributed by atoms with van der Waals surface area (Å²) in [6.45, 7) is 3.81. The highest BCUT2D eigenvalue weighted by Gasteiger charge is 2.46. The van der Waals surface area contributed by atoms with Crippen molar-refractivity contribution in [1.82, 2.24) is 19.9 Å². The van der Waals surface area contributed by atoms with Crippen LogP contribution in [0.5, 0.6) is 5.75 Å². The van der Waals surface area contributed by atoms with E-state index in [1.807, 2.05) is 38.1 Å². The van der Waals surface area contributed by atoms with Gasteiger partial charge in [0.2, 0.25) is 0 Å². The van der Waals surface area contributed by atoms with Crippen molar-refractivity contribution in [3.05, 3.63) is 101 Å². The van der Waals surface area contributed by atoms with Crippen LogP contribution in [0.3, 0.4) is 0 Å². The molecule has 1 atom stereocenters. The van der Waals surface area contributed by atoms with Crippen LogP contribution in [0, 0.1) is 19.7 Å². The fraction of sp³-hybridized carbons (Fsp3) is 0.160. The second-order valence-corrected chi connectivity index (χ2v) is 7.87. The summed E-state index contributed by atoms with van der Waals surface area (Å²) in [6.07, 6.45) is 6.52. The first kappa shape index (κ1) is 20.7. The summed E-state index contributed by atoms with van der Waals surface area (Å²) in [5.41, 5.74) is 10.4. The molecule has 1 unspecified atom stereocenters. The predicted molar refractivity (Wildman–Crippen MR) is 123 cm³/mol. The third kappa shape index (κ3) is 3.14. The number of hydrogen-bond acceptors (Lipinski definition) is 7. The zero-order valence-electron chi connectivity index (χ0n) is 18.4. The van der Waals surface area contributed by atoms with Gasteiger partial charge in [-0.2, -0.15) is 0 Å². The second kappa shape index (κ2) is 7.74. The monoisotopic (exact) mass is 440 g/mol. The van der Waals surface area contributed by atoms with E-state index in [0.29, 0.717) is 28.4 Å². The standard InChI is InChI=1S/C25H21FN6O/c1-14-9-21(31-15(2)23(14)33-3)25(18-5-4-6-19(26)22(18)24(27)32-25)17-7-8-30-20(10-17)16-11-28-13-29-12-16/h4-13H,1-3H3,(H2,27,32). The van der Waals surface area contributed by atoms with Gasteiger partial charge >= 0.3 is 0 Å². The first-order valence-corrected chi connectivity index (χ1v) is 10.3. The number of benzene rings is 1. The Morgan fingerprint density at radius 3 is 2.58 bits per heavy atom. The number of nitrogens with two attached hydrogens (primary N) is 1. The van der Waals surface area contributed by atoms with E-state index in [4.69, 9.17) is 20.4 Å². The van der Waals surface area contributed by atoms with Crippen molar-refractivity contribution < 1.29 is 9.13 Å². The number of aromatic nitrogens is 4. The predicted octanol–water partition coefficient (Wildman–Crippen LogP) is 3.71. The van der Waals surface area contributed by atoms with Crippen molar-refractivity contribution in [2.24, 2.45) is 10.7 Å². The maximum Gasteiger partial charge on any atom is 0.156 e. The Morgan fingerprint density at radius 2 is 1.85 bits per heavy atom. The Morgan fingerprint density at radius 1 is 1.06 bits per heavy atom. The van der Waals surface area contributed by atoms with Crippen LogP contribution in [0.25, 0.3) is 11.3 Å². The van der Waals surface area contributed by atoms with Gasteiger partial charge in [0.15, 0.2) is 5.54 Å². The van der Waals surface area contributed by atoms with Gasteiger partial charge < -0.3 is 10.5 Å². The summed E-state index contributed by atoms with van der Waals surface area (Å²) < 4.78 is 20.4. The Bertz CT molecular complexity index is 1380. The fourth-order valence-electron chi connectivity index (χ4n) is 4.50. The van der Waals surface area contributed by atoms with Gasteiger partial charge in [0.1, 0.15) is 23.7 Å². The van der Waals surface area contributed by atoms with Crippen LogP contribution in [0.2, 0.25) is 0 Å². The van der Waals surface area contributed by atoms with Crippen molar-refractivity contribution in [2.45, 2.75) is 19.4 Å². The third-order valence-electron chi connectivity index (χ3n) is 5.88. The van der Waals surface area contributed by atoms with Crippen molar-refractivity contribution in [2.75, 3.05) is 7.11 Å². The molecular formula is C25H21FN6O. The molecule has 164 valence electrons. The SMILES string of the molecule is COc1c(C)cc(C2(c3ccnc(-c4cncnc4)c3)N=C(N)c3c(F)cccc32)nc1C. The lowest BCUT2D eigenvalue weighted by Gasteiger charge is -2.29. The Labute approximate surface area is 190 Å². The van der Waals surface area contributed by atoms with Crippen LogP contribution >= 0.6 is 0 Å². The lowest BCUT2D eigenvalue weighted by Crippen LogP contribution is -2.27. The average molecular weight is 440 g/mol. The highest BCUT2D eigenvalue weighted by molar-refractivity contribution is 6.03. The topological polar surface area (TPSA) is 99.2 Å². The first-order chi connectivity index (χ1) is 16.0. The summed E-state index contributed by atoms with van der Waals surface area (Å²) in [5, 5.41) is 0. The molecule has 0 amide bonds. The summed E-state index contributed by atoms with van der Waals surface area (Å²) in [6, 6.07) is 10.5. The molecule has 2 N–H and O–H groups in total. The van der Waals surface area contributed by atoms with E-state index in [9.17, 15) is 4.39 Å². The highest BCUT2D eigenvalue weighted by Crippen LogP contribution is 2.47. The molecule has 7 nitrogen and oxygen atoms in total. The van der Waals surface area contributed by atoms with Crippen LogP contribution in [-0.2, 0) is 5.54 Å². The largest absolute Gasteiger partial charge is 0.495 e. The molecule has 1 aliphatic rings. The minimum atomic E-state index is -1.16. The molecule has 0 aliphatic carbocycles. The van der Waals surface area contributed by atoms with E-state index < -0.39 is 11.4 Å². The van der Waals surface area contributed by atoms with Crippen LogP contribution in [0.1, 0.15) is 33.6 Å². The number of pyridine rings is 2. The van der Waals surface area contributed by atoms with E-state index in [0.717, 1.165) is 16.7 Å². The Balaban J connectivity index is 1.84. The van der Waals surface area contributed by atoms with Gasteiger partial charge in [-0.25, -0.2) is 19.4 Å². The molecular weight excluding hydrogens is 419 g/mol. The number of aliphatic imine (C=N–C) groups is 1. The smallest absolute Gasteiger partial charge is 0.156 e. The molecule has 0 bridgehead atoms. The van der Waals surface area contributed by atoms with E-state index in [1.165, 1.54) is 12.4 Å². The molecule has 0 saturated heterocycles. The summed E-state index contributed by atoms with van der Waals surface area (Å²) >= 11 is 0. The molecule has 4 heterocycles. The quantitative estimate of drug-likeness (QED) is 0.519. The minimum absolute atomic E-state index is 0.123. The van der Waals surface area contributed by atoms with Crippen molar-refractivity contribution in [3.63, 3.8) is 0 Å². The van der Waals surface area contributed by atoms with Crippen LogP contribution in [0.15, 0.2) is 66.3 Å². The Hall–Kier alpha value is -4.20. The van der Waals surface area contributed by atoms with Crippen LogP contribution < -0.4 is 10.5 Å². The van der Waals surface area contributed by atoms with E-state index in [2.05, 4.69) is 15.0 Å². The number of amidine groups is 1. The van der Waals surface area contributed by atoms with Crippen molar-refractivity contribution in [1.29, 1.82) is 0 Å². The minimum Gasteiger partial charge on any atom is -0.495 e. The zero-order chi connectivity index (χ0) is 23.2. The molecule has 3 aromatic heterocycles. The van der Waals surface area contributed by atoms with Gasteiger partial charge in [-0.05, 0) is 49.2 Å². The number of hydrogen-bond donors (Lipinski definition) is 1. The molecule has 33 heavy (non-hydrogen) atoms. The van der Waals surface area contributed by atoms with E-state index in [-0.39, 0.29) is 11.4 Å². The maximum atomic E-state index is 14.9. The van der Waals surface area contributed by atoms with Crippen molar-refractivity contribution >= 4 is 5.84 Å². The normalized spacial score (nSPS) is 16.9. The molecule has 0 radical (unpaired) electrons. The number of fused-ring (bicyclic) bond motifs is 1. The van der Waals surface area contributed by atoms with Crippen molar-refractivity contribution in [3.8, 4) is 17.0 Å².